The minimum atomic E-state index is -0.765. The van der Waals surface area contributed by atoms with E-state index in [1.165, 1.54) is 12.1 Å². The van der Waals surface area contributed by atoms with Crippen molar-refractivity contribution in [3.63, 3.8) is 0 Å². The highest BCUT2D eigenvalue weighted by Crippen LogP contribution is 2.19. The Morgan fingerprint density at radius 1 is 1.14 bits per heavy atom. The standard InChI is InChI=1S/C16H21ClFNO3/c17-13-7-6-8-14(18)12(13)11-15(20)19-10-5-3-1-2-4-9-16(21)22/h6-8H,1-5,9-11H2,(H,19,20)(H,21,22). The number of rotatable bonds is 10. The molecule has 0 aliphatic heterocycles. The molecule has 0 saturated heterocycles. The van der Waals surface area contributed by atoms with E-state index in [-0.39, 0.29) is 29.3 Å². The molecule has 0 aliphatic carbocycles. The first-order valence-corrected chi connectivity index (χ1v) is 7.80. The van der Waals surface area contributed by atoms with E-state index in [0.29, 0.717) is 13.0 Å². The smallest absolute Gasteiger partial charge is 0.303 e. The first-order chi connectivity index (χ1) is 10.5. The van der Waals surface area contributed by atoms with E-state index in [1.54, 1.807) is 6.07 Å². The Morgan fingerprint density at radius 3 is 2.50 bits per heavy atom. The van der Waals surface area contributed by atoms with Crippen molar-refractivity contribution < 1.29 is 19.1 Å². The van der Waals surface area contributed by atoms with Crippen LogP contribution in [0.3, 0.4) is 0 Å². The van der Waals surface area contributed by atoms with Crippen LogP contribution in [0.25, 0.3) is 0 Å². The lowest BCUT2D eigenvalue weighted by atomic mass is 10.1. The van der Waals surface area contributed by atoms with Gasteiger partial charge in [0.2, 0.25) is 5.91 Å². The number of aliphatic carboxylic acids is 1. The molecule has 2 N–H and O–H groups in total. The highest BCUT2D eigenvalue weighted by Gasteiger charge is 2.11. The fraction of sp³-hybridized carbons (Fsp3) is 0.500. The normalized spacial score (nSPS) is 10.5. The van der Waals surface area contributed by atoms with Gasteiger partial charge in [0, 0.05) is 23.6 Å². The Kier molecular flexibility index (Phi) is 8.51. The highest BCUT2D eigenvalue weighted by molar-refractivity contribution is 6.31. The van der Waals surface area contributed by atoms with Gasteiger partial charge < -0.3 is 10.4 Å². The van der Waals surface area contributed by atoms with Crippen LogP contribution >= 0.6 is 11.6 Å². The molecule has 0 unspecified atom stereocenters. The third kappa shape index (κ3) is 7.41. The van der Waals surface area contributed by atoms with Gasteiger partial charge in [0.25, 0.3) is 0 Å². The predicted octanol–water partition coefficient (Wildman–Crippen LogP) is 3.56. The molecular formula is C16H21ClFNO3. The van der Waals surface area contributed by atoms with Gasteiger partial charge in [0.15, 0.2) is 0 Å². The summed E-state index contributed by atoms with van der Waals surface area (Å²) in [6.45, 7) is 0.532. The number of hydrogen-bond donors (Lipinski definition) is 2. The maximum Gasteiger partial charge on any atom is 0.303 e. The van der Waals surface area contributed by atoms with Gasteiger partial charge in [-0.2, -0.15) is 0 Å². The number of hydrogen-bond acceptors (Lipinski definition) is 2. The van der Waals surface area contributed by atoms with Crippen molar-refractivity contribution in [1.82, 2.24) is 5.32 Å². The lowest BCUT2D eigenvalue weighted by Crippen LogP contribution is -2.26. The lowest BCUT2D eigenvalue weighted by molar-refractivity contribution is -0.137. The van der Waals surface area contributed by atoms with E-state index in [9.17, 15) is 14.0 Å². The Hall–Kier alpha value is -1.62. The van der Waals surface area contributed by atoms with E-state index in [2.05, 4.69) is 5.32 Å². The first-order valence-electron chi connectivity index (χ1n) is 7.42. The molecule has 0 radical (unpaired) electrons. The van der Waals surface area contributed by atoms with Crippen LogP contribution in [0.2, 0.25) is 5.02 Å². The Morgan fingerprint density at radius 2 is 1.82 bits per heavy atom. The van der Waals surface area contributed by atoms with Crippen LogP contribution in [0.5, 0.6) is 0 Å². The van der Waals surface area contributed by atoms with Crippen LogP contribution in [0, 0.1) is 5.82 Å². The van der Waals surface area contributed by atoms with Crippen LogP contribution in [-0.4, -0.2) is 23.5 Å². The highest BCUT2D eigenvalue weighted by atomic mass is 35.5. The molecule has 0 heterocycles. The summed E-state index contributed by atoms with van der Waals surface area (Å²) in [5.41, 5.74) is 0.218. The van der Waals surface area contributed by atoms with E-state index in [4.69, 9.17) is 16.7 Å². The largest absolute Gasteiger partial charge is 0.481 e. The van der Waals surface area contributed by atoms with Gasteiger partial charge in [-0.1, -0.05) is 36.9 Å². The zero-order chi connectivity index (χ0) is 16.4. The molecule has 1 aromatic rings. The number of carbonyl (C=O) groups excluding carboxylic acids is 1. The fourth-order valence-electron chi connectivity index (χ4n) is 2.08. The molecule has 4 nitrogen and oxygen atoms in total. The Bertz CT molecular complexity index is 488. The Balaban J connectivity index is 2.13. The SMILES string of the molecule is O=C(O)CCCCCCCNC(=O)Cc1c(F)cccc1Cl. The van der Waals surface area contributed by atoms with Crippen molar-refractivity contribution in [1.29, 1.82) is 0 Å². The van der Waals surface area contributed by atoms with E-state index in [0.717, 1.165) is 25.7 Å². The monoisotopic (exact) mass is 329 g/mol. The molecule has 0 spiro atoms. The molecule has 1 amide bonds. The summed E-state index contributed by atoms with van der Waals surface area (Å²) >= 11 is 5.87. The molecule has 22 heavy (non-hydrogen) atoms. The van der Waals surface area contributed by atoms with E-state index in [1.807, 2.05) is 0 Å². The number of amides is 1. The topological polar surface area (TPSA) is 66.4 Å². The van der Waals surface area contributed by atoms with Gasteiger partial charge in [-0.05, 0) is 25.0 Å². The van der Waals surface area contributed by atoms with Gasteiger partial charge >= 0.3 is 5.97 Å². The van der Waals surface area contributed by atoms with Crippen molar-refractivity contribution in [2.24, 2.45) is 0 Å². The number of carboxylic acids is 1. The fourth-order valence-corrected chi connectivity index (χ4v) is 2.31. The zero-order valence-electron chi connectivity index (χ0n) is 12.4. The zero-order valence-corrected chi connectivity index (χ0v) is 13.2. The quantitative estimate of drug-likeness (QED) is 0.645. The van der Waals surface area contributed by atoms with Gasteiger partial charge in [-0.25, -0.2) is 4.39 Å². The van der Waals surface area contributed by atoms with Gasteiger partial charge in [0.1, 0.15) is 5.82 Å². The van der Waals surface area contributed by atoms with Crippen molar-refractivity contribution >= 4 is 23.5 Å². The predicted molar refractivity (Wildman–Crippen MR) is 83.5 cm³/mol. The molecule has 0 saturated carbocycles. The molecule has 0 aromatic heterocycles. The summed E-state index contributed by atoms with van der Waals surface area (Å²) in [6.07, 6.45) is 4.41. The van der Waals surface area contributed by atoms with Crippen LogP contribution in [0.15, 0.2) is 18.2 Å². The van der Waals surface area contributed by atoms with E-state index >= 15 is 0 Å². The van der Waals surface area contributed by atoms with Crippen molar-refractivity contribution in [3.8, 4) is 0 Å². The van der Waals surface area contributed by atoms with E-state index < -0.39 is 11.8 Å². The first kappa shape index (κ1) is 18.4. The summed E-state index contributed by atoms with van der Waals surface area (Å²) in [5.74, 6) is -1.49. The third-order valence-electron chi connectivity index (χ3n) is 3.29. The second-order valence-electron chi connectivity index (χ2n) is 5.14. The molecule has 0 atom stereocenters. The summed E-state index contributed by atoms with van der Waals surface area (Å²) in [5, 5.41) is 11.5. The Labute approximate surface area is 134 Å². The molecule has 1 rings (SSSR count). The van der Waals surface area contributed by atoms with Crippen LogP contribution in [0.4, 0.5) is 4.39 Å². The van der Waals surface area contributed by atoms with Crippen LogP contribution < -0.4 is 5.32 Å². The minimum Gasteiger partial charge on any atom is -0.481 e. The number of carboxylic acid groups (broad SMARTS) is 1. The maximum atomic E-state index is 13.5. The number of halogens is 2. The molecule has 0 bridgehead atoms. The molecule has 0 fully saturated rings. The van der Waals surface area contributed by atoms with Crippen LogP contribution in [0.1, 0.15) is 44.1 Å². The summed E-state index contributed by atoms with van der Waals surface area (Å²) in [4.78, 5) is 22.0. The van der Waals surface area contributed by atoms with Crippen LogP contribution in [-0.2, 0) is 16.0 Å². The summed E-state index contributed by atoms with van der Waals surface area (Å²) < 4.78 is 13.5. The molecule has 122 valence electrons. The van der Waals surface area contributed by atoms with Gasteiger partial charge in [0.05, 0.1) is 6.42 Å². The molecule has 6 heteroatoms. The molecular weight excluding hydrogens is 309 g/mol. The average molecular weight is 330 g/mol. The number of unbranched alkanes of at least 4 members (excludes halogenated alkanes) is 4. The van der Waals surface area contributed by atoms with Gasteiger partial charge in [-0.15, -0.1) is 0 Å². The number of carbonyl (C=O) groups is 2. The summed E-state index contributed by atoms with van der Waals surface area (Å²) in [6, 6.07) is 4.35. The number of nitrogens with one attached hydrogen (secondary N) is 1. The molecule has 0 aliphatic rings. The summed E-state index contributed by atoms with van der Waals surface area (Å²) in [7, 11) is 0. The maximum absolute atomic E-state index is 13.5. The van der Waals surface area contributed by atoms with Gasteiger partial charge in [-0.3, -0.25) is 9.59 Å². The second-order valence-corrected chi connectivity index (χ2v) is 5.55. The van der Waals surface area contributed by atoms with Crippen molar-refractivity contribution in [2.75, 3.05) is 6.54 Å². The molecule has 1 aromatic carbocycles. The van der Waals surface area contributed by atoms with Crippen molar-refractivity contribution in [3.05, 3.63) is 34.6 Å². The van der Waals surface area contributed by atoms with Crippen molar-refractivity contribution in [2.45, 2.75) is 44.9 Å². The minimum absolute atomic E-state index is 0.0654. The average Bonchev–Trinajstić information content (AvgIpc) is 2.45. The third-order valence-corrected chi connectivity index (χ3v) is 3.64. The number of benzene rings is 1. The lowest BCUT2D eigenvalue weighted by Gasteiger charge is -2.07. The second kappa shape index (κ2) is 10.2.